The molecule has 0 saturated carbocycles. The number of nitrogens with two attached hydrogens (primary N) is 1. The normalized spacial score (nSPS) is 20.5. The molecule has 2 aromatic rings. The fourth-order valence-corrected chi connectivity index (χ4v) is 4.63. The minimum atomic E-state index is -0.781. The van der Waals surface area contributed by atoms with Crippen LogP contribution in [0.15, 0.2) is 18.2 Å². The van der Waals surface area contributed by atoms with E-state index in [4.69, 9.17) is 20.7 Å². The lowest BCUT2D eigenvalue weighted by Crippen LogP contribution is -2.39. The highest BCUT2D eigenvalue weighted by atomic mass is 32.1. The third-order valence-corrected chi connectivity index (χ3v) is 6.57. The number of hydrogen-bond donors (Lipinski definition) is 2. The molecule has 1 aromatic heterocycles. The molecule has 4 rings (SSSR count). The molecule has 0 aliphatic carbocycles. The van der Waals surface area contributed by atoms with Crippen LogP contribution >= 0.6 is 11.3 Å². The van der Waals surface area contributed by atoms with E-state index in [2.05, 4.69) is 16.7 Å². The van der Waals surface area contributed by atoms with Crippen LogP contribution < -0.4 is 10.6 Å². The molecule has 1 aromatic carbocycles. The van der Waals surface area contributed by atoms with Crippen molar-refractivity contribution in [3.63, 3.8) is 0 Å². The number of rotatable bonds is 3. The maximum absolute atomic E-state index is 14.2. The van der Waals surface area contributed by atoms with Gasteiger partial charge < -0.3 is 20.5 Å². The number of benzene rings is 1. The maximum atomic E-state index is 14.2. The molecule has 3 N–H and O–H groups in total. The molecule has 0 radical (unpaired) electrons. The van der Waals surface area contributed by atoms with E-state index < -0.39 is 11.9 Å². The molecule has 0 amide bonds. The summed E-state index contributed by atoms with van der Waals surface area (Å²) in [5.41, 5.74) is 7.13. The molecule has 6 nitrogen and oxygen atoms in total. The second-order valence-corrected chi connectivity index (χ2v) is 8.62. The van der Waals surface area contributed by atoms with Gasteiger partial charge in [0.1, 0.15) is 22.9 Å². The van der Waals surface area contributed by atoms with Gasteiger partial charge in [-0.2, -0.15) is 5.26 Å². The molecule has 2 fully saturated rings. The zero-order valence-corrected chi connectivity index (χ0v) is 17.3. The zero-order chi connectivity index (χ0) is 21.1. The molecule has 8 heteroatoms. The van der Waals surface area contributed by atoms with Gasteiger partial charge in [0.05, 0.1) is 17.9 Å². The number of anilines is 1. The van der Waals surface area contributed by atoms with Crippen LogP contribution in [0.25, 0.3) is 11.3 Å². The molecule has 2 atom stereocenters. The van der Waals surface area contributed by atoms with Crippen LogP contribution in [0.2, 0.25) is 0 Å². The van der Waals surface area contributed by atoms with E-state index in [1.807, 2.05) is 6.07 Å². The second kappa shape index (κ2) is 9.11. The number of hydrogen-bond acceptors (Lipinski definition) is 7. The third kappa shape index (κ3) is 4.48. The topological polar surface area (TPSA) is 95.4 Å². The Kier molecular flexibility index (Phi) is 6.31. The summed E-state index contributed by atoms with van der Waals surface area (Å²) in [6.07, 6.45) is 1.78. The molecule has 2 unspecified atom stereocenters. The van der Waals surface area contributed by atoms with Crippen molar-refractivity contribution in [3.05, 3.63) is 34.5 Å². The summed E-state index contributed by atoms with van der Waals surface area (Å²) in [7, 11) is 0. The Labute approximate surface area is 179 Å². The van der Waals surface area contributed by atoms with Crippen molar-refractivity contribution in [3.8, 4) is 29.2 Å². The number of thiazole rings is 1. The van der Waals surface area contributed by atoms with Crippen molar-refractivity contribution >= 4 is 16.5 Å². The largest absolute Gasteiger partial charge is 0.381 e. The second-order valence-electron chi connectivity index (χ2n) is 7.64. The van der Waals surface area contributed by atoms with Gasteiger partial charge in [-0.3, -0.25) is 0 Å². The number of nitriles is 1. The number of aromatic nitrogens is 1. The van der Waals surface area contributed by atoms with Gasteiger partial charge in [0.15, 0.2) is 5.13 Å². The Morgan fingerprint density at radius 3 is 2.80 bits per heavy atom. The molecule has 2 aliphatic rings. The number of piperidine rings is 1. The minimum Gasteiger partial charge on any atom is -0.381 e. The first-order valence-electron chi connectivity index (χ1n) is 10.0. The molecule has 30 heavy (non-hydrogen) atoms. The monoisotopic (exact) mass is 426 g/mol. The van der Waals surface area contributed by atoms with Crippen LogP contribution in [0.1, 0.15) is 29.7 Å². The first-order chi connectivity index (χ1) is 14.5. The summed E-state index contributed by atoms with van der Waals surface area (Å²) >= 11 is 1.43. The summed E-state index contributed by atoms with van der Waals surface area (Å²) in [4.78, 5) is 7.59. The first-order valence-corrected chi connectivity index (χ1v) is 10.9. The molecule has 2 aliphatic heterocycles. The molecule has 0 spiro atoms. The van der Waals surface area contributed by atoms with E-state index in [1.54, 1.807) is 6.07 Å². The van der Waals surface area contributed by atoms with E-state index >= 15 is 0 Å². The Morgan fingerprint density at radius 2 is 2.13 bits per heavy atom. The van der Waals surface area contributed by atoms with Crippen LogP contribution in [-0.2, 0) is 4.74 Å². The van der Waals surface area contributed by atoms with Crippen molar-refractivity contribution in [1.82, 2.24) is 4.98 Å². The molecular weight excluding hydrogens is 403 g/mol. The number of nitrogens with zero attached hydrogens (tertiary/aromatic N) is 3. The van der Waals surface area contributed by atoms with Gasteiger partial charge in [0.25, 0.3) is 0 Å². The summed E-state index contributed by atoms with van der Waals surface area (Å²) < 4.78 is 19.6. The predicted octanol–water partition coefficient (Wildman–Crippen LogP) is 2.50. The lowest BCUT2D eigenvalue weighted by Gasteiger charge is -2.29. The van der Waals surface area contributed by atoms with Gasteiger partial charge in [0.2, 0.25) is 0 Å². The molecule has 156 valence electrons. The van der Waals surface area contributed by atoms with E-state index in [-0.39, 0.29) is 17.5 Å². The van der Waals surface area contributed by atoms with Crippen LogP contribution in [0.4, 0.5) is 9.52 Å². The van der Waals surface area contributed by atoms with Crippen LogP contribution in [0.5, 0.6) is 0 Å². The maximum Gasteiger partial charge on any atom is 0.187 e. The summed E-state index contributed by atoms with van der Waals surface area (Å²) in [6, 6.07) is 6.48. The van der Waals surface area contributed by atoms with E-state index in [0.717, 1.165) is 37.5 Å². The smallest absolute Gasteiger partial charge is 0.187 e. The third-order valence-electron chi connectivity index (χ3n) is 5.53. The Morgan fingerprint density at radius 1 is 1.33 bits per heavy atom. The number of halogens is 1. The van der Waals surface area contributed by atoms with Crippen LogP contribution in [-0.4, -0.2) is 48.5 Å². The van der Waals surface area contributed by atoms with Gasteiger partial charge in [-0.15, -0.1) is 0 Å². The lowest BCUT2D eigenvalue weighted by atomic mass is 10.0. The van der Waals surface area contributed by atoms with Crippen molar-refractivity contribution < 1.29 is 14.2 Å². The van der Waals surface area contributed by atoms with Gasteiger partial charge in [-0.25, -0.2) is 9.37 Å². The summed E-state index contributed by atoms with van der Waals surface area (Å²) in [5, 5.41) is 20.2. The fraction of sp³-hybridized carbons (Fsp3) is 0.455. The molecule has 3 heterocycles. The molecular formula is C22H23FN4O2S. The van der Waals surface area contributed by atoms with Crippen LogP contribution in [0.3, 0.4) is 0 Å². The Balaban J connectivity index is 1.68. The standard InChI is InChI=1S/C22H23FN4O2S/c23-18-11-14(1-2-15(18)12-24)21-20(4-3-19(28)16-7-10-29-13-16)30-22(26-21)27-8-5-17(25)6-9-27/h1-2,11,16-17,19,28H,5-10,13,25H2. The highest BCUT2D eigenvalue weighted by molar-refractivity contribution is 7.16. The minimum absolute atomic E-state index is 0.00396. The SMILES string of the molecule is N#Cc1ccc(-c2nc(N3CCC(N)CC3)sc2C#CC(O)C2CCOC2)cc1F. The Hall–Kier alpha value is -2.49. The highest BCUT2D eigenvalue weighted by Crippen LogP contribution is 2.34. The van der Waals surface area contributed by atoms with E-state index in [9.17, 15) is 9.50 Å². The number of ether oxygens (including phenoxy) is 1. The average Bonchev–Trinajstić information content (AvgIpc) is 3.43. The Bertz CT molecular complexity index is 1010. The van der Waals surface area contributed by atoms with Crippen molar-refractivity contribution in [2.24, 2.45) is 11.7 Å². The van der Waals surface area contributed by atoms with Gasteiger partial charge in [-0.05, 0) is 31.4 Å². The first kappa shape index (κ1) is 20.8. The summed E-state index contributed by atoms with van der Waals surface area (Å²) in [5.74, 6) is 5.41. The van der Waals surface area contributed by atoms with Gasteiger partial charge >= 0.3 is 0 Å². The van der Waals surface area contributed by atoms with E-state index in [0.29, 0.717) is 29.3 Å². The number of aliphatic hydroxyl groups is 1. The van der Waals surface area contributed by atoms with Crippen molar-refractivity contribution in [2.75, 3.05) is 31.2 Å². The van der Waals surface area contributed by atoms with Gasteiger partial charge in [0, 0.05) is 37.2 Å². The van der Waals surface area contributed by atoms with Crippen LogP contribution in [0, 0.1) is 34.9 Å². The fourth-order valence-electron chi connectivity index (χ4n) is 3.63. The molecule has 0 bridgehead atoms. The van der Waals surface area contributed by atoms with Gasteiger partial charge in [-0.1, -0.05) is 29.2 Å². The van der Waals surface area contributed by atoms with Crippen molar-refractivity contribution in [2.45, 2.75) is 31.4 Å². The lowest BCUT2D eigenvalue weighted by molar-refractivity contribution is 0.130. The highest BCUT2D eigenvalue weighted by Gasteiger charge is 2.24. The summed E-state index contributed by atoms with van der Waals surface area (Å²) in [6.45, 7) is 2.77. The predicted molar refractivity (Wildman–Crippen MR) is 113 cm³/mol. The molecule has 2 saturated heterocycles. The van der Waals surface area contributed by atoms with E-state index in [1.165, 1.54) is 23.5 Å². The quantitative estimate of drug-likeness (QED) is 0.733. The van der Waals surface area contributed by atoms with Crippen molar-refractivity contribution in [1.29, 1.82) is 5.26 Å². The zero-order valence-electron chi connectivity index (χ0n) is 16.5. The number of aliphatic hydroxyl groups excluding tert-OH is 1. The average molecular weight is 427 g/mol.